The first-order chi connectivity index (χ1) is 9.72. The summed E-state index contributed by atoms with van der Waals surface area (Å²) < 4.78 is 0. The molecule has 7 heteroatoms. The van der Waals surface area contributed by atoms with Gasteiger partial charge in [-0.05, 0) is 14.1 Å². The third-order valence-electron chi connectivity index (χ3n) is 4.15. The Morgan fingerprint density at radius 1 is 0.800 bits per heavy atom. The van der Waals surface area contributed by atoms with E-state index in [1.807, 2.05) is 0 Å². The van der Waals surface area contributed by atoms with Crippen molar-refractivity contribution >= 4 is 11.8 Å². The maximum atomic E-state index is 4.71. The highest BCUT2D eigenvalue weighted by Gasteiger charge is 2.20. The van der Waals surface area contributed by atoms with Crippen LogP contribution in [0.4, 0.5) is 11.8 Å². The van der Waals surface area contributed by atoms with Crippen molar-refractivity contribution in [3.05, 3.63) is 6.20 Å². The lowest BCUT2D eigenvalue weighted by atomic mass is 10.3. The zero-order chi connectivity index (χ0) is 13.9. The molecule has 2 aliphatic rings. The molecule has 0 bridgehead atoms. The number of piperazine rings is 2. The molecule has 0 unspecified atom stereocenters. The summed E-state index contributed by atoms with van der Waals surface area (Å²) in [6.07, 6.45) is 1.78. The summed E-state index contributed by atoms with van der Waals surface area (Å²) in [6.45, 7) is 8.25. The molecule has 20 heavy (non-hydrogen) atoms. The van der Waals surface area contributed by atoms with Gasteiger partial charge < -0.3 is 19.6 Å². The van der Waals surface area contributed by atoms with Crippen molar-refractivity contribution in [2.45, 2.75) is 0 Å². The van der Waals surface area contributed by atoms with Gasteiger partial charge in [-0.25, -0.2) is 0 Å². The van der Waals surface area contributed by atoms with Crippen LogP contribution in [-0.2, 0) is 0 Å². The Kier molecular flexibility index (Phi) is 3.98. The van der Waals surface area contributed by atoms with Gasteiger partial charge in [-0.3, -0.25) is 0 Å². The number of anilines is 2. The van der Waals surface area contributed by atoms with Gasteiger partial charge in [0.05, 0.1) is 6.20 Å². The number of rotatable bonds is 2. The van der Waals surface area contributed by atoms with Gasteiger partial charge in [-0.2, -0.15) is 10.1 Å². The summed E-state index contributed by atoms with van der Waals surface area (Å²) >= 11 is 0. The number of aromatic nitrogens is 3. The highest BCUT2D eigenvalue weighted by atomic mass is 15.4. The monoisotopic (exact) mass is 277 g/mol. The predicted molar refractivity (Wildman–Crippen MR) is 79.2 cm³/mol. The minimum Gasteiger partial charge on any atom is -0.353 e. The van der Waals surface area contributed by atoms with Gasteiger partial charge in [0.2, 0.25) is 5.95 Å². The van der Waals surface area contributed by atoms with E-state index in [4.69, 9.17) is 4.98 Å². The first-order valence-corrected chi connectivity index (χ1v) is 7.29. The van der Waals surface area contributed by atoms with Gasteiger partial charge in [0.15, 0.2) is 5.82 Å². The molecule has 0 aromatic carbocycles. The van der Waals surface area contributed by atoms with Gasteiger partial charge in [-0.1, -0.05) is 0 Å². The van der Waals surface area contributed by atoms with Crippen LogP contribution in [0.2, 0.25) is 0 Å². The lowest BCUT2D eigenvalue weighted by molar-refractivity contribution is 0.309. The van der Waals surface area contributed by atoms with E-state index in [1.165, 1.54) is 0 Å². The fourth-order valence-electron chi connectivity index (χ4n) is 2.61. The SMILES string of the molecule is CN1CCN(c2cnnc(N3CCN(C)CC3)n2)CC1. The van der Waals surface area contributed by atoms with Gasteiger partial charge in [-0.15, -0.1) is 5.10 Å². The van der Waals surface area contributed by atoms with Crippen LogP contribution in [0.15, 0.2) is 6.20 Å². The van der Waals surface area contributed by atoms with E-state index in [1.54, 1.807) is 6.20 Å². The summed E-state index contributed by atoms with van der Waals surface area (Å²) in [5, 5.41) is 8.36. The smallest absolute Gasteiger partial charge is 0.247 e. The zero-order valence-electron chi connectivity index (χ0n) is 12.4. The van der Waals surface area contributed by atoms with Crippen LogP contribution in [0.5, 0.6) is 0 Å². The molecule has 0 amide bonds. The minimum atomic E-state index is 0.773. The van der Waals surface area contributed by atoms with Crippen molar-refractivity contribution in [2.75, 3.05) is 76.3 Å². The fourth-order valence-corrected chi connectivity index (χ4v) is 2.61. The van der Waals surface area contributed by atoms with Gasteiger partial charge in [0.25, 0.3) is 0 Å². The van der Waals surface area contributed by atoms with Crippen LogP contribution in [0, 0.1) is 0 Å². The molecule has 3 heterocycles. The van der Waals surface area contributed by atoms with E-state index in [9.17, 15) is 0 Å². The Balaban J connectivity index is 1.69. The van der Waals surface area contributed by atoms with Crippen molar-refractivity contribution in [3.8, 4) is 0 Å². The second-order valence-electron chi connectivity index (χ2n) is 5.70. The van der Waals surface area contributed by atoms with E-state index in [2.05, 4.69) is 43.9 Å². The summed E-state index contributed by atoms with van der Waals surface area (Å²) in [5.41, 5.74) is 0. The van der Waals surface area contributed by atoms with Crippen molar-refractivity contribution in [1.82, 2.24) is 25.0 Å². The van der Waals surface area contributed by atoms with Crippen LogP contribution in [0.3, 0.4) is 0 Å². The Bertz CT molecular complexity index is 399. The van der Waals surface area contributed by atoms with Gasteiger partial charge in [0.1, 0.15) is 0 Å². The second kappa shape index (κ2) is 5.88. The molecule has 110 valence electrons. The summed E-state index contributed by atoms with van der Waals surface area (Å²) in [4.78, 5) is 13.9. The highest BCUT2D eigenvalue weighted by molar-refractivity contribution is 5.42. The normalized spacial score (nSPS) is 22.3. The molecule has 2 aliphatic heterocycles. The van der Waals surface area contributed by atoms with E-state index >= 15 is 0 Å². The summed E-state index contributed by atoms with van der Waals surface area (Å²) in [6, 6.07) is 0. The van der Waals surface area contributed by atoms with Crippen LogP contribution >= 0.6 is 0 Å². The fraction of sp³-hybridized carbons (Fsp3) is 0.769. The van der Waals surface area contributed by atoms with Crippen molar-refractivity contribution in [2.24, 2.45) is 0 Å². The van der Waals surface area contributed by atoms with Gasteiger partial charge in [0, 0.05) is 52.4 Å². The topological polar surface area (TPSA) is 51.6 Å². The third kappa shape index (κ3) is 2.99. The maximum Gasteiger partial charge on any atom is 0.247 e. The zero-order valence-corrected chi connectivity index (χ0v) is 12.4. The minimum absolute atomic E-state index is 0.773. The predicted octanol–water partition coefficient (Wildman–Crippen LogP) is -0.625. The molecule has 2 fully saturated rings. The van der Waals surface area contributed by atoms with Crippen LogP contribution in [0.25, 0.3) is 0 Å². The molecule has 0 saturated carbocycles. The van der Waals surface area contributed by atoms with E-state index in [0.29, 0.717) is 0 Å². The Hall–Kier alpha value is -1.47. The van der Waals surface area contributed by atoms with Crippen molar-refractivity contribution in [3.63, 3.8) is 0 Å². The third-order valence-corrected chi connectivity index (χ3v) is 4.15. The van der Waals surface area contributed by atoms with E-state index in [0.717, 1.165) is 64.1 Å². The molecule has 0 atom stereocenters. The average Bonchev–Trinajstić information content (AvgIpc) is 2.49. The average molecular weight is 277 g/mol. The van der Waals surface area contributed by atoms with Crippen LogP contribution < -0.4 is 9.80 Å². The first kappa shape index (κ1) is 13.5. The van der Waals surface area contributed by atoms with E-state index < -0.39 is 0 Å². The number of likely N-dealkylation sites (N-methyl/N-ethyl adjacent to an activating group) is 2. The maximum absolute atomic E-state index is 4.71. The quantitative estimate of drug-likeness (QED) is 0.714. The number of hydrogen-bond donors (Lipinski definition) is 0. The molecule has 3 rings (SSSR count). The molecular weight excluding hydrogens is 254 g/mol. The molecule has 0 spiro atoms. The molecule has 1 aromatic rings. The Morgan fingerprint density at radius 2 is 1.35 bits per heavy atom. The largest absolute Gasteiger partial charge is 0.353 e. The van der Waals surface area contributed by atoms with Crippen molar-refractivity contribution in [1.29, 1.82) is 0 Å². The lowest BCUT2D eigenvalue weighted by Crippen LogP contribution is -2.46. The molecule has 1 aromatic heterocycles. The second-order valence-corrected chi connectivity index (χ2v) is 5.70. The first-order valence-electron chi connectivity index (χ1n) is 7.29. The molecule has 0 radical (unpaired) electrons. The number of hydrogen-bond acceptors (Lipinski definition) is 7. The van der Waals surface area contributed by atoms with E-state index in [-0.39, 0.29) is 0 Å². The molecular formula is C13H23N7. The summed E-state index contributed by atoms with van der Waals surface area (Å²) in [5.74, 6) is 1.73. The highest BCUT2D eigenvalue weighted by Crippen LogP contribution is 2.16. The van der Waals surface area contributed by atoms with Gasteiger partial charge >= 0.3 is 0 Å². The lowest BCUT2D eigenvalue weighted by Gasteiger charge is -2.34. The molecule has 0 N–H and O–H groups in total. The molecule has 0 aliphatic carbocycles. The molecule has 7 nitrogen and oxygen atoms in total. The summed E-state index contributed by atoms with van der Waals surface area (Å²) in [7, 11) is 4.31. The number of nitrogens with zero attached hydrogens (tertiary/aromatic N) is 7. The van der Waals surface area contributed by atoms with Crippen molar-refractivity contribution < 1.29 is 0 Å². The standard InChI is InChI=1S/C13H23N7/c1-17-3-7-19(8-4-17)12-11-14-16-13(15-12)20-9-5-18(2)6-10-20/h11H,3-10H2,1-2H3. The van der Waals surface area contributed by atoms with Crippen LogP contribution in [-0.4, -0.2) is 91.4 Å². The Morgan fingerprint density at radius 3 is 1.95 bits per heavy atom. The van der Waals surface area contributed by atoms with Crippen LogP contribution in [0.1, 0.15) is 0 Å². The Labute approximate surface area is 120 Å². The molecule has 2 saturated heterocycles.